The van der Waals surface area contributed by atoms with Gasteiger partial charge in [-0.3, -0.25) is 19.3 Å². The number of imide groups is 1. The number of amides is 3. The maximum absolute atomic E-state index is 13.0. The largest absolute Gasteiger partial charge is 0.497 e. The molecule has 0 bridgehead atoms. The molecule has 1 saturated heterocycles. The fraction of sp³-hybridized carbons (Fsp3) is 0.192. The van der Waals surface area contributed by atoms with Crippen LogP contribution in [0.15, 0.2) is 59.5 Å². The van der Waals surface area contributed by atoms with E-state index in [1.165, 1.54) is 0 Å². The highest BCUT2D eigenvalue weighted by molar-refractivity contribution is 8.18. The van der Waals surface area contributed by atoms with E-state index in [4.69, 9.17) is 4.74 Å². The normalized spacial score (nSPS) is 14.7. The molecule has 174 valence electrons. The molecule has 3 amide bonds. The number of aromatic nitrogens is 1. The Morgan fingerprint density at radius 1 is 1.00 bits per heavy atom. The average molecular weight is 476 g/mol. The minimum Gasteiger partial charge on any atom is -0.497 e. The topological polar surface area (TPSA) is 80.6 Å². The molecule has 0 radical (unpaired) electrons. The number of rotatable bonds is 6. The standard InChI is InChI=1S/C26H25N3O4S/c1-16-6-5-7-17(2)24(16)27-23(30)15-28-25(31)22(34-26(28)32)14-20-9-8-18(3)29(20)19-10-12-21(33-4)13-11-19/h5-14H,15H2,1-4H3,(H,27,30)/b22-14-. The van der Waals surface area contributed by atoms with Crippen LogP contribution in [-0.4, -0.2) is 40.2 Å². The minimum atomic E-state index is -0.480. The molecule has 0 atom stereocenters. The molecule has 2 aromatic carbocycles. The number of benzene rings is 2. The number of anilines is 1. The maximum Gasteiger partial charge on any atom is 0.294 e. The summed E-state index contributed by atoms with van der Waals surface area (Å²) in [6.45, 7) is 5.41. The summed E-state index contributed by atoms with van der Waals surface area (Å²) in [6, 6.07) is 17.1. The molecule has 7 nitrogen and oxygen atoms in total. The van der Waals surface area contributed by atoms with E-state index >= 15 is 0 Å². The van der Waals surface area contributed by atoms with Crippen molar-refractivity contribution in [3.05, 3.63) is 82.0 Å². The lowest BCUT2D eigenvalue weighted by atomic mass is 10.1. The van der Waals surface area contributed by atoms with Gasteiger partial charge in [-0.15, -0.1) is 0 Å². The molecule has 0 spiro atoms. The summed E-state index contributed by atoms with van der Waals surface area (Å²) in [5.41, 5.74) is 5.16. The second-order valence-corrected chi connectivity index (χ2v) is 9.01. The van der Waals surface area contributed by atoms with Crippen molar-refractivity contribution in [2.24, 2.45) is 0 Å². The second kappa shape index (κ2) is 9.61. The molecule has 0 unspecified atom stereocenters. The number of aryl methyl sites for hydroxylation is 3. The smallest absolute Gasteiger partial charge is 0.294 e. The lowest BCUT2D eigenvalue weighted by molar-refractivity contribution is -0.127. The van der Waals surface area contributed by atoms with Gasteiger partial charge in [-0.2, -0.15) is 0 Å². The minimum absolute atomic E-state index is 0.276. The molecule has 4 rings (SSSR count). The van der Waals surface area contributed by atoms with Crippen LogP contribution < -0.4 is 10.1 Å². The molecule has 1 aliphatic heterocycles. The third-order valence-electron chi connectivity index (χ3n) is 5.64. The van der Waals surface area contributed by atoms with Crippen LogP contribution in [0.3, 0.4) is 0 Å². The Hall–Kier alpha value is -3.78. The summed E-state index contributed by atoms with van der Waals surface area (Å²) in [5.74, 6) is -0.152. The van der Waals surface area contributed by atoms with Crippen LogP contribution in [0, 0.1) is 20.8 Å². The van der Waals surface area contributed by atoms with Gasteiger partial charge < -0.3 is 14.6 Å². The van der Waals surface area contributed by atoms with Crippen LogP contribution in [0.1, 0.15) is 22.5 Å². The second-order valence-electron chi connectivity index (χ2n) is 8.02. The Morgan fingerprint density at radius 3 is 2.32 bits per heavy atom. The molecule has 1 N–H and O–H groups in total. The van der Waals surface area contributed by atoms with Gasteiger partial charge in [0, 0.05) is 22.8 Å². The number of hydrogen-bond donors (Lipinski definition) is 1. The van der Waals surface area contributed by atoms with Crippen molar-refractivity contribution in [2.45, 2.75) is 20.8 Å². The van der Waals surface area contributed by atoms with Gasteiger partial charge >= 0.3 is 0 Å². The highest BCUT2D eigenvalue weighted by atomic mass is 32.2. The first-order chi connectivity index (χ1) is 16.3. The Labute approximate surface area is 202 Å². The number of ether oxygens (including phenoxy) is 1. The number of para-hydroxylation sites is 1. The van der Waals surface area contributed by atoms with Gasteiger partial charge in [0.25, 0.3) is 11.1 Å². The summed E-state index contributed by atoms with van der Waals surface area (Å²) >= 11 is 0.836. The molecule has 2 heterocycles. The Bertz CT molecular complexity index is 1290. The van der Waals surface area contributed by atoms with Crippen LogP contribution in [0.5, 0.6) is 5.75 Å². The quantitative estimate of drug-likeness (QED) is 0.503. The third-order valence-corrected chi connectivity index (χ3v) is 6.54. The molecule has 1 fully saturated rings. The van der Waals surface area contributed by atoms with E-state index in [0.717, 1.165) is 50.6 Å². The van der Waals surface area contributed by atoms with Gasteiger partial charge in [-0.25, -0.2) is 0 Å². The van der Waals surface area contributed by atoms with Gasteiger partial charge in [-0.1, -0.05) is 18.2 Å². The van der Waals surface area contributed by atoms with Gasteiger partial charge in [0.15, 0.2) is 0 Å². The predicted octanol–water partition coefficient (Wildman–Crippen LogP) is 5.09. The van der Waals surface area contributed by atoms with Gasteiger partial charge in [-0.05, 0) is 86.1 Å². The molecular weight excluding hydrogens is 450 g/mol. The summed E-state index contributed by atoms with van der Waals surface area (Å²) in [6.07, 6.45) is 1.69. The first kappa shape index (κ1) is 23.4. The Balaban J connectivity index is 1.54. The van der Waals surface area contributed by atoms with Crippen molar-refractivity contribution in [2.75, 3.05) is 19.0 Å². The predicted molar refractivity (Wildman–Crippen MR) is 134 cm³/mol. The third kappa shape index (κ3) is 4.63. The van der Waals surface area contributed by atoms with Crippen molar-refractivity contribution >= 4 is 40.6 Å². The summed E-state index contributed by atoms with van der Waals surface area (Å²) in [4.78, 5) is 39.4. The lowest BCUT2D eigenvalue weighted by Gasteiger charge is -2.15. The average Bonchev–Trinajstić information content (AvgIpc) is 3.30. The fourth-order valence-corrected chi connectivity index (χ4v) is 4.68. The van der Waals surface area contributed by atoms with Crippen molar-refractivity contribution in [1.82, 2.24) is 9.47 Å². The van der Waals surface area contributed by atoms with Crippen molar-refractivity contribution in [3.8, 4) is 11.4 Å². The number of carbonyl (C=O) groups is 3. The molecule has 8 heteroatoms. The van der Waals surface area contributed by atoms with Crippen molar-refractivity contribution in [1.29, 1.82) is 0 Å². The number of methoxy groups -OCH3 is 1. The Morgan fingerprint density at radius 2 is 1.68 bits per heavy atom. The van der Waals surface area contributed by atoms with E-state index < -0.39 is 17.1 Å². The zero-order valence-electron chi connectivity index (χ0n) is 19.4. The monoisotopic (exact) mass is 475 g/mol. The molecule has 0 aliphatic carbocycles. The molecular formula is C26H25N3O4S. The number of hydrogen-bond acceptors (Lipinski definition) is 5. The van der Waals surface area contributed by atoms with Gasteiger partial charge in [0.2, 0.25) is 5.91 Å². The first-order valence-electron chi connectivity index (χ1n) is 10.7. The molecule has 1 aromatic heterocycles. The SMILES string of the molecule is COc1ccc(-n2c(C)ccc2/C=C2\SC(=O)N(CC(=O)Nc3c(C)cccc3C)C2=O)cc1. The first-order valence-corrected chi connectivity index (χ1v) is 11.5. The zero-order chi connectivity index (χ0) is 24.4. The maximum atomic E-state index is 13.0. The van der Waals surface area contributed by atoms with E-state index in [1.54, 1.807) is 13.2 Å². The van der Waals surface area contributed by atoms with Crippen molar-refractivity contribution < 1.29 is 19.1 Å². The van der Waals surface area contributed by atoms with E-state index in [0.29, 0.717) is 5.69 Å². The van der Waals surface area contributed by atoms with Crippen LogP contribution >= 0.6 is 11.8 Å². The van der Waals surface area contributed by atoms with Crippen LogP contribution in [0.4, 0.5) is 10.5 Å². The molecule has 3 aromatic rings. The van der Waals surface area contributed by atoms with Crippen LogP contribution in [0.25, 0.3) is 11.8 Å². The van der Waals surface area contributed by atoms with Gasteiger partial charge in [0.1, 0.15) is 12.3 Å². The highest BCUT2D eigenvalue weighted by Gasteiger charge is 2.36. The number of nitrogens with zero attached hydrogens (tertiary/aromatic N) is 2. The highest BCUT2D eigenvalue weighted by Crippen LogP contribution is 2.33. The van der Waals surface area contributed by atoms with Crippen molar-refractivity contribution in [3.63, 3.8) is 0 Å². The van der Waals surface area contributed by atoms with Gasteiger partial charge in [0.05, 0.1) is 12.0 Å². The van der Waals surface area contributed by atoms with E-state index in [2.05, 4.69) is 5.32 Å². The summed E-state index contributed by atoms with van der Waals surface area (Å²) in [7, 11) is 1.61. The summed E-state index contributed by atoms with van der Waals surface area (Å²) in [5, 5.41) is 2.36. The summed E-state index contributed by atoms with van der Waals surface area (Å²) < 4.78 is 7.22. The molecule has 34 heavy (non-hydrogen) atoms. The zero-order valence-corrected chi connectivity index (χ0v) is 20.2. The molecule has 1 aliphatic rings. The number of thioether (sulfide) groups is 1. The van der Waals surface area contributed by atoms with Crippen LogP contribution in [0.2, 0.25) is 0 Å². The van der Waals surface area contributed by atoms with Crippen LogP contribution in [-0.2, 0) is 9.59 Å². The van der Waals surface area contributed by atoms with E-state index in [9.17, 15) is 14.4 Å². The van der Waals surface area contributed by atoms with E-state index in [1.807, 2.05) is 79.9 Å². The fourth-order valence-electron chi connectivity index (χ4n) is 3.86. The molecule has 0 saturated carbocycles. The van der Waals surface area contributed by atoms with E-state index in [-0.39, 0.29) is 11.4 Å². The number of nitrogens with one attached hydrogen (secondary N) is 1. The Kier molecular flexibility index (Phi) is 6.61. The lowest BCUT2D eigenvalue weighted by Crippen LogP contribution is -2.36. The number of carbonyl (C=O) groups excluding carboxylic acids is 3.